The number of nitrogens with zero attached hydrogens (tertiary/aromatic N) is 2. The van der Waals surface area contributed by atoms with Crippen molar-refractivity contribution in [2.45, 2.75) is 19.0 Å². The summed E-state index contributed by atoms with van der Waals surface area (Å²) in [6.07, 6.45) is 1.15. The Kier molecular flexibility index (Phi) is 10.3. The zero-order chi connectivity index (χ0) is 28.0. The van der Waals surface area contributed by atoms with E-state index in [-0.39, 0.29) is 33.7 Å². The average Bonchev–Trinajstić information content (AvgIpc) is 2.87. The number of hydrogen-bond acceptors (Lipinski definition) is 4. The molecule has 3 rings (SSSR count). The van der Waals surface area contributed by atoms with Crippen LogP contribution in [0.2, 0.25) is 20.1 Å². The van der Waals surface area contributed by atoms with Crippen molar-refractivity contribution in [3.8, 4) is 0 Å². The van der Waals surface area contributed by atoms with Gasteiger partial charge in [-0.2, -0.15) is 0 Å². The van der Waals surface area contributed by atoms with Gasteiger partial charge in [-0.3, -0.25) is 13.9 Å². The third-order valence-corrected chi connectivity index (χ3v) is 8.12. The standard InChI is InChI=1S/C26H25Cl4N3O4S/c1-31-26(35)24(12-17-6-4-3-5-7-17)32(15-18-8-10-19(27)11-9-18)25(34)16-33(38(2,36)37)23-14-21(29)20(28)13-22(23)30/h3-11,13-14,24H,12,15-16H2,1-2H3,(H,31,35)/t24-/m1/s1. The predicted octanol–water partition coefficient (Wildman–Crippen LogP) is 5.45. The molecular weight excluding hydrogens is 592 g/mol. The summed E-state index contributed by atoms with van der Waals surface area (Å²) in [5.74, 6) is -1.04. The van der Waals surface area contributed by atoms with Gasteiger partial charge in [-0.1, -0.05) is 88.9 Å². The van der Waals surface area contributed by atoms with Gasteiger partial charge in [-0.15, -0.1) is 0 Å². The van der Waals surface area contributed by atoms with Gasteiger partial charge < -0.3 is 10.2 Å². The fraction of sp³-hybridized carbons (Fsp3) is 0.231. The summed E-state index contributed by atoms with van der Waals surface area (Å²) in [7, 11) is -2.53. The van der Waals surface area contributed by atoms with Crippen LogP contribution in [-0.4, -0.2) is 51.0 Å². The van der Waals surface area contributed by atoms with Crippen molar-refractivity contribution in [3.63, 3.8) is 0 Å². The van der Waals surface area contributed by atoms with Crippen LogP contribution in [0.25, 0.3) is 0 Å². The number of hydrogen-bond donors (Lipinski definition) is 1. The number of amides is 2. The first-order chi connectivity index (χ1) is 17.9. The monoisotopic (exact) mass is 615 g/mol. The molecule has 12 heteroatoms. The Bertz CT molecular complexity index is 1400. The topological polar surface area (TPSA) is 86.8 Å². The second-order valence-corrected chi connectivity index (χ2v) is 12.0. The molecule has 0 aliphatic heterocycles. The lowest BCUT2D eigenvalue weighted by molar-refractivity contribution is -0.139. The van der Waals surface area contributed by atoms with Crippen LogP contribution in [0.15, 0.2) is 66.7 Å². The number of carbonyl (C=O) groups is 2. The summed E-state index contributed by atoms with van der Waals surface area (Å²) < 4.78 is 26.5. The minimum Gasteiger partial charge on any atom is -0.357 e. The van der Waals surface area contributed by atoms with Crippen molar-refractivity contribution in [1.29, 1.82) is 0 Å². The molecule has 0 heterocycles. The molecule has 38 heavy (non-hydrogen) atoms. The molecule has 0 bridgehead atoms. The average molecular weight is 617 g/mol. The molecule has 2 amide bonds. The molecule has 7 nitrogen and oxygen atoms in total. The van der Waals surface area contributed by atoms with Gasteiger partial charge in [-0.25, -0.2) is 8.42 Å². The van der Waals surface area contributed by atoms with Crippen molar-refractivity contribution in [2.24, 2.45) is 0 Å². The summed E-state index contributed by atoms with van der Waals surface area (Å²) in [4.78, 5) is 28.3. The van der Waals surface area contributed by atoms with E-state index in [4.69, 9.17) is 46.4 Å². The van der Waals surface area contributed by atoms with Gasteiger partial charge in [0.15, 0.2) is 0 Å². The minimum atomic E-state index is -4.01. The number of likely N-dealkylation sites (N-methyl/N-ethyl adjacent to an activating group) is 1. The summed E-state index contributed by atoms with van der Waals surface area (Å²) >= 11 is 24.5. The third kappa shape index (κ3) is 7.77. The highest BCUT2D eigenvalue weighted by Gasteiger charge is 2.33. The van der Waals surface area contributed by atoms with Crippen LogP contribution >= 0.6 is 46.4 Å². The van der Waals surface area contributed by atoms with Gasteiger partial charge in [0, 0.05) is 25.0 Å². The molecule has 0 aliphatic carbocycles. The van der Waals surface area contributed by atoms with E-state index in [9.17, 15) is 18.0 Å². The first-order valence-corrected chi connectivity index (χ1v) is 14.7. The molecule has 0 saturated carbocycles. The zero-order valence-corrected chi connectivity index (χ0v) is 24.3. The second-order valence-electron chi connectivity index (χ2n) is 8.46. The molecule has 1 N–H and O–H groups in total. The minimum absolute atomic E-state index is 0.00554. The van der Waals surface area contributed by atoms with E-state index < -0.39 is 34.4 Å². The van der Waals surface area contributed by atoms with Crippen molar-refractivity contribution in [1.82, 2.24) is 10.2 Å². The Morgan fingerprint density at radius 2 is 1.47 bits per heavy atom. The molecule has 0 aromatic heterocycles. The van der Waals surface area contributed by atoms with Crippen molar-refractivity contribution < 1.29 is 18.0 Å². The second kappa shape index (κ2) is 13.0. The number of carbonyl (C=O) groups excluding carboxylic acids is 2. The van der Waals surface area contributed by atoms with E-state index in [1.807, 2.05) is 30.3 Å². The molecule has 202 valence electrons. The molecule has 1 atom stereocenters. The van der Waals surface area contributed by atoms with Crippen molar-refractivity contribution in [2.75, 3.05) is 24.2 Å². The van der Waals surface area contributed by atoms with Gasteiger partial charge in [-0.05, 0) is 35.4 Å². The molecule has 0 saturated heterocycles. The van der Waals surface area contributed by atoms with Crippen molar-refractivity contribution in [3.05, 3.63) is 97.9 Å². The van der Waals surface area contributed by atoms with Crippen molar-refractivity contribution >= 4 is 73.9 Å². The fourth-order valence-corrected chi connectivity index (χ4v) is 5.48. The largest absolute Gasteiger partial charge is 0.357 e. The van der Waals surface area contributed by atoms with Gasteiger partial charge in [0.25, 0.3) is 0 Å². The Hall–Kier alpha value is -2.49. The van der Waals surface area contributed by atoms with Crippen LogP contribution in [0.1, 0.15) is 11.1 Å². The highest BCUT2D eigenvalue weighted by Crippen LogP contribution is 2.35. The van der Waals surface area contributed by atoms with Crippen LogP contribution < -0.4 is 9.62 Å². The number of halogens is 4. The summed E-state index contributed by atoms with van der Waals surface area (Å²) in [6.45, 7) is -0.611. The van der Waals surface area contributed by atoms with E-state index in [1.54, 1.807) is 24.3 Å². The highest BCUT2D eigenvalue weighted by molar-refractivity contribution is 7.92. The van der Waals surface area contributed by atoms with E-state index in [1.165, 1.54) is 24.1 Å². The van der Waals surface area contributed by atoms with E-state index in [2.05, 4.69) is 5.32 Å². The number of nitrogens with one attached hydrogen (secondary N) is 1. The summed E-state index contributed by atoms with van der Waals surface area (Å²) in [5.41, 5.74) is 1.51. The molecule has 3 aromatic carbocycles. The Morgan fingerprint density at radius 1 is 0.868 bits per heavy atom. The number of benzene rings is 3. The van der Waals surface area contributed by atoms with E-state index in [0.29, 0.717) is 10.6 Å². The molecular formula is C26H25Cl4N3O4S. The number of anilines is 1. The lowest BCUT2D eigenvalue weighted by Gasteiger charge is -2.33. The molecule has 0 aliphatic rings. The number of sulfonamides is 1. The van der Waals surface area contributed by atoms with Gasteiger partial charge in [0.05, 0.1) is 27.0 Å². The Balaban J connectivity index is 2.06. The summed E-state index contributed by atoms with van der Waals surface area (Å²) in [5, 5.41) is 3.32. The summed E-state index contributed by atoms with van der Waals surface area (Å²) in [6, 6.07) is 17.6. The first-order valence-electron chi connectivity index (χ1n) is 11.3. The quantitative estimate of drug-likeness (QED) is 0.307. The Labute approximate surface area is 242 Å². The maximum atomic E-state index is 13.9. The lowest BCUT2D eigenvalue weighted by Crippen LogP contribution is -2.52. The van der Waals surface area contributed by atoms with E-state index >= 15 is 0 Å². The lowest BCUT2D eigenvalue weighted by atomic mass is 10.0. The van der Waals surface area contributed by atoms with Crippen LogP contribution in [0.5, 0.6) is 0 Å². The molecule has 0 fully saturated rings. The fourth-order valence-electron chi connectivity index (χ4n) is 3.81. The predicted molar refractivity (Wildman–Crippen MR) is 154 cm³/mol. The van der Waals surface area contributed by atoms with Crippen LogP contribution in [0.3, 0.4) is 0 Å². The third-order valence-electron chi connectivity index (χ3n) is 5.72. The normalized spacial score (nSPS) is 12.1. The first kappa shape index (κ1) is 30.1. The van der Waals surface area contributed by atoms with Gasteiger partial charge in [0.2, 0.25) is 21.8 Å². The SMILES string of the molecule is CNC(=O)[C@@H](Cc1ccccc1)N(Cc1ccc(Cl)cc1)C(=O)CN(c1cc(Cl)c(Cl)cc1Cl)S(C)(=O)=O. The van der Waals surface area contributed by atoms with Crippen LogP contribution in [0.4, 0.5) is 5.69 Å². The van der Waals surface area contributed by atoms with Crippen LogP contribution in [-0.2, 0) is 32.6 Å². The number of rotatable bonds is 10. The van der Waals surface area contributed by atoms with Gasteiger partial charge in [0.1, 0.15) is 12.6 Å². The molecule has 3 aromatic rings. The maximum absolute atomic E-state index is 13.9. The highest BCUT2D eigenvalue weighted by atomic mass is 35.5. The molecule has 0 unspecified atom stereocenters. The Morgan fingerprint density at radius 3 is 2.05 bits per heavy atom. The van der Waals surface area contributed by atoms with E-state index in [0.717, 1.165) is 16.1 Å². The molecule has 0 radical (unpaired) electrons. The van der Waals surface area contributed by atoms with Gasteiger partial charge >= 0.3 is 0 Å². The zero-order valence-electron chi connectivity index (χ0n) is 20.5. The molecule has 0 spiro atoms. The smallest absolute Gasteiger partial charge is 0.244 e. The maximum Gasteiger partial charge on any atom is 0.244 e. The van der Waals surface area contributed by atoms with Crippen LogP contribution in [0, 0.1) is 0 Å².